The number of hydrogen-bond donors (Lipinski definition) is 1. The second-order valence-corrected chi connectivity index (χ2v) is 6.36. The molecular weight excluding hydrogens is 400 g/mol. The van der Waals surface area contributed by atoms with Gasteiger partial charge in [-0.2, -0.15) is 0 Å². The molecule has 0 radical (unpaired) electrons. The summed E-state index contributed by atoms with van der Waals surface area (Å²) < 4.78 is 12.2. The maximum atomic E-state index is 10.7. The molecule has 1 unspecified atom stereocenters. The summed E-state index contributed by atoms with van der Waals surface area (Å²) >= 11 is 6.98. The second-order valence-electron chi connectivity index (χ2n) is 4.66. The summed E-state index contributed by atoms with van der Waals surface area (Å²) in [7, 11) is 3.15. The number of aryl methyl sites for hydroxylation is 1. The minimum atomic E-state index is -0.769. The summed E-state index contributed by atoms with van der Waals surface area (Å²) in [6.07, 6.45) is -0.769. The van der Waals surface area contributed by atoms with Gasteiger partial charge >= 0.3 is 0 Å². The average molecular weight is 416 g/mol. The van der Waals surface area contributed by atoms with Crippen molar-refractivity contribution >= 4 is 31.9 Å². The fourth-order valence-corrected chi connectivity index (χ4v) is 3.35. The Morgan fingerprint density at radius 3 is 2.05 bits per heavy atom. The highest BCUT2D eigenvalue weighted by atomic mass is 79.9. The van der Waals surface area contributed by atoms with Crippen molar-refractivity contribution in [1.29, 1.82) is 0 Å². The van der Waals surface area contributed by atoms with Crippen LogP contribution < -0.4 is 9.47 Å². The number of benzene rings is 2. The van der Waals surface area contributed by atoms with Crippen LogP contribution in [0.15, 0.2) is 39.3 Å². The van der Waals surface area contributed by atoms with Gasteiger partial charge in [-0.25, -0.2) is 0 Å². The number of methoxy groups -OCH3 is 2. The molecule has 0 amide bonds. The summed E-state index contributed by atoms with van der Waals surface area (Å²) in [5.41, 5.74) is 2.65. The van der Waals surface area contributed by atoms with Crippen LogP contribution in [-0.4, -0.2) is 19.3 Å². The molecule has 0 aliphatic heterocycles. The standard InChI is InChI=1S/C16H16Br2O3/c1-9-4-5-10(12(17)6-9)16(19)11-7-14(20-2)15(21-3)8-13(11)18/h4-8,16,19H,1-3H3. The molecule has 21 heavy (non-hydrogen) atoms. The van der Waals surface area contributed by atoms with Crippen LogP contribution in [0.2, 0.25) is 0 Å². The molecule has 1 N–H and O–H groups in total. The Hall–Kier alpha value is -1.04. The van der Waals surface area contributed by atoms with Crippen molar-refractivity contribution < 1.29 is 14.6 Å². The Kier molecular flexibility index (Phi) is 5.30. The second kappa shape index (κ2) is 6.81. The van der Waals surface area contributed by atoms with Crippen LogP contribution in [0, 0.1) is 6.92 Å². The third-order valence-corrected chi connectivity index (χ3v) is 4.62. The van der Waals surface area contributed by atoms with E-state index >= 15 is 0 Å². The molecule has 2 rings (SSSR count). The van der Waals surface area contributed by atoms with Gasteiger partial charge in [0.1, 0.15) is 6.10 Å². The third kappa shape index (κ3) is 3.42. The number of ether oxygens (including phenoxy) is 2. The van der Waals surface area contributed by atoms with Gasteiger partial charge in [0, 0.05) is 14.5 Å². The SMILES string of the molecule is COc1cc(Br)c(C(O)c2ccc(C)cc2Br)cc1OC. The minimum absolute atomic E-state index is 0.581. The van der Waals surface area contributed by atoms with E-state index < -0.39 is 6.10 Å². The average Bonchev–Trinajstić information content (AvgIpc) is 2.46. The van der Waals surface area contributed by atoms with Crippen molar-refractivity contribution in [3.05, 3.63) is 56.0 Å². The van der Waals surface area contributed by atoms with Gasteiger partial charge < -0.3 is 14.6 Å². The van der Waals surface area contributed by atoms with Gasteiger partial charge in [0.15, 0.2) is 11.5 Å². The Labute approximate surface area is 141 Å². The predicted molar refractivity (Wildman–Crippen MR) is 90.2 cm³/mol. The summed E-state index contributed by atoms with van der Waals surface area (Å²) in [6.45, 7) is 2.01. The van der Waals surface area contributed by atoms with Crippen molar-refractivity contribution in [1.82, 2.24) is 0 Å². The highest BCUT2D eigenvalue weighted by molar-refractivity contribution is 9.10. The maximum Gasteiger partial charge on any atom is 0.161 e. The van der Waals surface area contributed by atoms with Gasteiger partial charge in [-0.1, -0.05) is 44.0 Å². The van der Waals surface area contributed by atoms with E-state index in [9.17, 15) is 5.11 Å². The van der Waals surface area contributed by atoms with E-state index in [0.717, 1.165) is 25.6 Å². The quantitative estimate of drug-likeness (QED) is 0.791. The fourth-order valence-electron chi connectivity index (χ4n) is 2.10. The highest BCUT2D eigenvalue weighted by Crippen LogP contribution is 2.39. The van der Waals surface area contributed by atoms with E-state index in [2.05, 4.69) is 31.9 Å². The predicted octanol–water partition coefficient (Wildman–Crippen LogP) is 4.62. The van der Waals surface area contributed by atoms with Crippen LogP contribution in [0.3, 0.4) is 0 Å². The molecule has 1 atom stereocenters. The Bertz CT molecular complexity index is 656. The maximum absolute atomic E-state index is 10.7. The van der Waals surface area contributed by atoms with Gasteiger partial charge in [0.25, 0.3) is 0 Å². The van der Waals surface area contributed by atoms with E-state index in [1.54, 1.807) is 26.4 Å². The zero-order valence-electron chi connectivity index (χ0n) is 12.0. The molecule has 3 nitrogen and oxygen atoms in total. The van der Waals surface area contributed by atoms with Crippen molar-refractivity contribution in [2.24, 2.45) is 0 Å². The lowest BCUT2D eigenvalue weighted by molar-refractivity contribution is 0.218. The summed E-state index contributed by atoms with van der Waals surface area (Å²) in [4.78, 5) is 0. The van der Waals surface area contributed by atoms with Crippen LogP contribution in [0.1, 0.15) is 22.8 Å². The topological polar surface area (TPSA) is 38.7 Å². The normalized spacial score (nSPS) is 12.1. The number of halogens is 2. The van der Waals surface area contributed by atoms with E-state index in [1.807, 2.05) is 25.1 Å². The van der Waals surface area contributed by atoms with Crippen molar-refractivity contribution in [3.63, 3.8) is 0 Å². The molecule has 0 aromatic heterocycles. The van der Waals surface area contributed by atoms with E-state index in [1.165, 1.54) is 0 Å². The van der Waals surface area contributed by atoms with Gasteiger partial charge in [-0.15, -0.1) is 0 Å². The van der Waals surface area contributed by atoms with Crippen molar-refractivity contribution in [2.45, 2.75) is 13.0 Å². The number of hydrogen-bond acceptors (Lipinski definition) is 3. The lowest BCUT2D eigenvalue weighted by Crippen LogP contribution is -2.03. The summed E-state index contributed by atoms with van der Waals surface area (Å²) in [6, 6.07) is 9.43. The first-order chi connectivity index (χ1) is 9.97. The van der Waals surface area contributed by atoms with Gasteiger partial charge in [0.05, 0.1) is 14.2 Å². The molecule has 112 valence electrons. The molecule has 2 aromatic rings. The zero-order valence-corrected chi connectivity index (χ0v) is 15.2. The Morgan fingerprint density at radius 1 is 0.905 bits per heavy atom. The fraction of sp³-hybridized carbons (Fsp3) is 0.250. The van der Waals surface area contributed by atoms with E-state index in [4.69, 9.17) is 9.47 Å². The molecule has 0 bridgehead atoms. The van der Waals surface area contributed by atoms with Gasteiger partial charge in [-0.3, -0.25) is 0 Å². The molecule has 5 heteroatoms. The third-order valence-electron chi connectivity index (χ3n) is 3.25. The van der Waals surface area contributed by atoms with Crippen molar-refractivity contribution in [3.8, 4) is 11.5 Å². The van der Waals surface area contributed by atoms with Crippen molar-refractivity contribution in [2.75, 3.05) is 14.2 Å². The molecule has 0 spiro atoms. The first-order valence-electron chi connectivity index (χ1n) is 6.33. The van der Waals surface area contributed by atoms with E-state index in [0.29, 0.717) is 11.5 Å². The van der Waals surface area contributed by atoms with Gasteiger partial charge in [0.2, 0.25) is 0 Å². The minimum Gasteiger partial charge on any atom is -0.493 e. The summed E-state index contributed by atoms with van der Waals surface area (Å²) in [5.74, 6) is 1.20. The summed E-state index contributed by atoms with van der Waals surface area (Å²) in [5, 5.41) is 10.7. The van der Waals surface area contributed by atoms with Crippen LogP contribution in [0.4, 0.5) is 0 Å². The Morgan fingerprint density at radius 2 is 1.48 bits per heavy atom. The first-order valence-corrected chi connectivity index (χ1v) is 7.92. The molecule has 0 saturated carbocycles. The molecule has 2 aromatic carbocycles. The van der Waals surface area contributed by atoms with Crippen LogP contribution in [-0.2, 0) is 0 Å². The van der Waals surface area contributed by atoms with Crippen LogP contribution in [0.5, 0.6) is 11.5 Å². The molecule has 0 saturated heterocycles. The largest absolute Gasteiger partial charge is 0.493 e. The molecule has 0 fully saturated rings. The zero-order chi connectivity index (χ0) is 15.6. The van der Waals surface area contributed by atoms with E-state index in [-0.39, 0.29) is 0 Å². The van der Waals surface area contributed by atoms with Crippen LogP contribution in [0.25, 0.3) is 0 Å². The smallest absolute Gasteiger partial charge is 0.161 e. The lowest BCUT2D eigenvalue weighted by atomic mass is 10.00. The molecule has 0 aliphatic rings. The number of aliphatic hydroxyl groups is 1. The first kappa shape index (κ1) is 16.3. The number of aliphatic hydroxyl groups excluding tert-OH is 1. The molecular formula is C16H16Br2O3. The lowest BCUT2D eigenvalue weighted by Gasteiger charge is -2.18. The monoisotopic (exact) mass is 414 g/mol. The Balaban J connectivity index is 2.50. The number of rotatable bonds is 4. The van der Waals surface area contributed by atoms with Crippen LogP contribution >= 0.6 is 31.9 Å². The van der Waals surface area contributed by atoms with Gasteiger partial charge in [-0.05, 0) is 36.2 Å². The molecule has 0 aliphatic carbocycles. The highest BCUT2D eigenvalue weighted by Gasteiger charge is 2.19. The molecule has 0 heterocycles.